The van der Waals surface area contributed by atoms with E-state index in [1.165, 1.54) is 12.1 Å². The second-order valence-corrected chi connectivity index (χ2v) is 7.57. The Bertz CT molecular complexity index is 1470. The minimum Gasteiger partial charge on any atom is -0.545 e. The molecule has 5 rings (SSSR count). The molecule has 0 radical (unpaired) electrons. The number of fused-ring (bicyclic) bond motifs is 2. The van der Waals surface area contributed by atoms with Crippen LogP contribution in [0, 0.1) is 0 Å². The van der Waals surface area contributed by atoms with Crippen molar-refractivity contribution in [1.82, 2.24) is 0 Å². The van der Waals surface area contributed by atoms with Crippen molar-refractivity contribution in [3.8, 4) is 23.0 Å². The summed E-state index contributed by atoms with van der Waals surface area (Å²) in [6.07, 6.45) is 0. The SMILES string of the molecule is O=C([O-])c1ccc(Oc2cccc(Oc3ccc(C(=O)[O-])c4ccccc34)c2)c2ccccc12.[K+].[K+]. The Labute approximate surface area is 292 Å². The van der Waals surface area contributed by atoms with Gasteiger partial charge >= 0.3 is 103 Å². The Morgan fingerprint density at radius 3 is 1.28 bits per heavy atom. The van der Waals surface area contributed by atoms with Crippen LogP contribution < -0.4 is 122 Å². The molecule has 0 fully saturated rings. The zero-order chi connectivity index (χ0) is 23.7. The van der Waals surface area contributed by atoms with Gasteiger partial charge in [0.1, 0.15) is 23.0 Å². The minimum atomic E-state index is -1.25. The average Bonchev–Trinajstić information content (AvgIpc) is 2.84. The van der Waals surface area contributed by atoms with Crippen LogP contribution in [-0.2, 0) is 0 Å². The van der Waals surface area contributed by atoms with Crippen molar-refractivity contribution < 1.29 is 132 Å². The van der Waals surface area contributed by atoms with Crippen molar-refractivity contribution in [1.29, 1.82) is 0 Å². The molecule has 0 heterocycles. The van der Waals surface area contributed by atoms with E-state index in [1.54, 1.807) is 84.9 Å². The predicted molar refractivity (Wildman–Crippen MR) is 123 cm³/mol. The molecule has 0 spiro atoms. The molecule has 5 aromatic carbocycles. The molecule has 0 unspecified atom stereocenters. The van der Waals surface area contributed by atoms with Crippen LogP contribution in [-0.4, -0.2) is 11.9 Å². The zero-order valence-corrected chi connectivity index (χ0v) is 25.9. The molecule has 166 valence electrons. The first-order chi connectivity index (χ1) is 16.5. The summed E-state index contributed by atoms with van der Waals surface area (Å²) in [7, 11) is 0. The van der Waals surface area contributed by atoms with Gasteiger partial charge in [-0.2, -0.15) is 0 Å². The standard InChI is InChI=1S/C28H18O6.2K/c29-27(30)23-12-14-25(21-10-3-1-8-19(21)23)33-17-6-5-7-18(16-17)34-26-15-13-24(28(31)32)20-9-2-4-11-22(20)26;;/h1-16H,(H,29,30)(H,31,32);;/q;2*+1/p-2. The first kappa shape index (κ1) is 29.0. The van der Waals surface area contributed by atoms with E-state index in [9.17, 15) is 19.8 Å². The van der Waals surface area contributed by atoms with Crippen LogP contribution in [0.3, 0.4) is 0 Å². The van der Waals surface area contributed by atoms with E-state index in [1.807, 2.05) is 0 Å². The molecular weight excluding hydrogens is 510 g/mol. The van der Waals surface area contributed by atoms with E-state index in [0.29, 0.717) is 44.5 Å². The van der Waals surface area contributed by atoms with Gasteiger partial charge in [0.05, 0.1) is 11.9 Å². The van der Waals surface area contributed by atoms with Crippen LogP contribution in [0.25, 0.3) is 21.5 Å². The summed E-state index contributed by atoms with van der Waals surface area (Å²) in [5, 5.41) is 25.2. The Balaban J connectivity index is 0.00000180. The molecule has 0 amide bonds. The van der Waals surface area contributed by atoms with Crippen LogP contribution in [0.2, 0.25) is 0 Å². The second-order valence-electron chi connectivity index (χ2n) is 7.57. The fourth-order valence-electron chi connectivity index (χ4n) is 3.93. The average molecular weight is 527 g/mol. The van der Waals surface area contributed by atoms with Crippen LogP contribution in [0.1, 0.15) is 20.7 Å². The number of rotatable bonds is 6. The van der Waals surface area contributed by atoms with E-state index < -0.39 is 11.9 Å². The van der Waals surface area contributed by atoms with Gasteiger partial charge in [0.25, 0.3) is 0 Å². The summed E-state index contributed by atoms with van der Waals surface area (Å²) in [6, 6.07) is 27.1. The van der Waals surface area contributed by atoms with Crippen molar-refractivity contribution >= 4 is 33.5 Å². The maximum atomic E-state index is 11.4. The number of aromatic carboxylic acids is 2. The van der Waals surface area contributed by atoms with E-state index in [-0.39, 0.29) is 114 Å². The van der Waals surface area contributed by atoms with Crippen LogP contribution in [0.15, 0.2) is 97.1 Å². The van der Waals surface area contributed by atoms with Gasteiger partial charge < -0.3 is 29.3 Å². The van der Waals surface area contributed by atoms with Gasteiger partial charge in [-0.3, -0.25) is 0 Å². The number of carboxylic acid groups (broad SMARTS) is 2. The fraction of sp³-hybridized carbons (Fsp3) is 0. The maximum absolute atomic E-state index is 11.4. The molecule has 0 saturated heterocycles. The summed E-state index contributed by atoms with van der Waals surface area (Å²) >= 11 is 0. The van der Waals surface area contributed by atoms with Crippen molar-refractivity contribution in [2.45, 2.75) is 0 Å². The number of hydrogen-bond acceptors (Lipinski definition) is 6. The summed E-state index contributed by atoms with van der Waals surface area (Å²) in [5.41, 5.74) is 0.179. The molecule has 6 nitrogen and oxygen atoms in total. The van der Waals surface area contributed by atoms with E-state index in [0.717, 1.165) is 0 Å². The zero-order valence-electron chi connectivity index (χ0n) is 19.7. The van der Waals surface area contributed by atoms with Crippen LogP contribution >= 0.6 is 0 Å². The Hall–Kier alpha value is -1.57. The van der Waals surface area contributed by atoms with Gasteiger partial charge in [0.15, 0.2) is 0 Å². The van der Waals surface area contributed by atoms with Gasteiger partial charge in [0.2, 0.25) is 0 Å². The quantitative estimate of drug-likeness (QED) is 0.245. The number of carboxylic acids is 2. The second kappa shape index (κ2) is 12.8. The normalized spacial score (nSPS) is 10.2. The van der Waals surface area contributed by atoms with Crippen molar-refractivity contribution in [2.75, 3.05) is 0 Å². The molecular formula is C28H16K2O6. The van der Waals surface area contributed by atoms with E-state index in [2.05, 4.69) is 0 Å². The number of benzene rings is 5. The Morgan fingerprint density at radius 1 is 0.500 bits per heavy atom. The third-order valence-corrected chi connectivity index (χ3v) is 5.47. The van der Waals surface area contributed by atoms with E-state index in [4.69, 9.17) is 9.47 Å². The maximum Gasteiger partial charge on any atom is 1.00 e. The molecule has 0 atom stereocenters. The Kier molecular flexibility index (Phi) is 10.3. The minimum absolute atomic E-state index is 0. The molecule has 36 heavy (non-hydrogen) atoms. The predicted octanol–water partition coefficient (Wildman–Crippen LogP) is -1.69. The van der Waals surface area contributed by atoms with Crippen LogP contribution in [0.4, 0.5) is 0 Å². The number of carbonyl (C=O) groups excluding carboxylic acids is 2. The third-order valence-electron chi connectivity index (χ3n) is 5.47. The van der Waals surface area contributed by atoms with Crippen molar-refractivity contribution in [2.24, 2.45) is 0 Å². The summed E-state index contributed by atoms with van der Waals surface area (Å²) in [6.45, 7) is 0. The monoisotopic (exact) mass is 526 g/mol. The molecule has 0 aromatic heterocycles. The van der Waals surface area contributed by atoms with Crippen molar-refractivity contribution in [3.63, 3.8) is 0 Å². The first-order valence-electron chi connectivity index (χ1n) is 10.4. The van der Waals surface area contributed by atoms with E-state index >= 15 is 0 Å². The smallest absolute Gasteiger partial charge is 0.545 e. The Morgan fingerprint density at radius 2 is 0.889 bits per heavy atom. The number of ether oxygens (including phenoxy) is 2. The van der Waals surface area contributed by atoms with Gasteiger partial charge in [0, 0.05) is 28.0 Å². The molecule has 8 heteroatoms. The topological polar surface area (TPSA) is 98.7 Å². The van der Waals surface area contributed by atoms with Crippen LogP contribution in [0.5, 0.6) is 23.0 Å². The molecule has 0 aliphatic carbocycles. The number of carbonyl (C=O) groups is 2. The van der Waals surface area contributed by atoms with Gasteiger partial charge in [-0.05, 0) is 47.2 Å². The number of hydrogen-bond donors (Lipinski definition) is 0. The molecule has 0 aliphatic heterocycles. The molecule has 5 aromatic rings. The van der Waals surface area contributed by atoms with Gasteiger partial charge in [-0.15, -0.1) is 0 Å². The van der Waals surface area contributed by atoms with Crippen molar-refractivity contribution in [3.05, 3.63) is 108 Å². The molecule has 0 N–H and O–H groups in total. The first-order valence-corrected chi connectivity index (χ1v) is 10.4. The third kappa shape index (κ3) is 6.11. The van der Waals surface area contributed by atoms with Gasteiger partial charge in [-0.25, -0.2) is 0 Å². The summed E-state index contributed by atoms with van der Waals surface area (Å²) in [4.78, 5) is 22.9. The molecule has 0 aliphatic rings. The summed E-state index contributed by atoms with van der Waals surface area (Å²) < 4.78 is 12.1. The summed E-state index contributed by atoms with van der Waals surface area (Å²) in [5.74, 6) is -0.563. The fourth-order valence-corrected chi connectivity index (χ4v) is 3.93. The molecule has 0 saturated carbocycles. The largest absolute Gasteiger partial charge is 1.00 e. The van der Waals surface area contributed by atoms with Gasteiger partial charge in [-0.1, -0.05) is 54.6 Å². The molecule has 0 bridgehead atoms.